The Morgan fingerprint density at radius 3 is 2.67 bits per heavy atom. The molecule has 0 radical (unpaired) electrons. The van der Waals surface area contributed by atoms with Crippen molar-refractivity contribution in [3.8, 4) is 6.01 Å². The number of rotatable bonds is 4. The second-order valence-electron chi connectivity index (χ2n) is 6.84. The highest BCUT2D eigenvalue weighted by molar-refractivity contribution is 9.10. The van der Waals surface area contributed by atoms with Crippen molar-refractivity contribution in [2.24, 2.45) is 7.05 Å². The molecule has 0 spiro atoms. The number of aryl methyl sites for hydroxylation is 1. The first-order valence-electron chi connectivity index (χ1n) is 9.05. The minimum absolute atomic E-state index is 0.0489. The maximum atomic E-state index is 12.8. The van der Waals surface area contributed by atoms with Gasteiger partial charge in [-0.05, 0) is 27.6 Å². The van der Waals surface area contributed by atoms with Gasteiger partial charge in [-0.1, -0.05) is 18.2 Å². The Hall–Kier alpha value is -2.41. The van der Waals surface area contributed by atoms with Gasteiger partial charge in [0.1, 0.15) is 6.10 Å². The predicted octanol–water partition coefficient (Wildman–Crippen LogP) is 3.34. The van der Waals surface area contributed by atoms with Gasteiger partial charge >= 0.3 is 6.01 Å². The summed E-state index contributed by atoms with van der Waals surface area (Å²) in [5.74, 6) is 0.171. The van der Waals surface area contributed by atoms with Crippen molar-refractivity contribution in [1.82, 2.24) is 19.4 Å². The molecule has 3 aromatic rings. The average Bonchev–Trinajstić information content (AvgIpc) is 3.00. The Kier molecular flexibility index (Phi) is 5.11. The lowest BCUT2D eigenvalue weighted by Gasteiger charge is -2.31. The molecular formula is C20H21BrN4O2. The third-order valence-corrected chi connectivity index (χ3v) is 5.39. The number of nitrogens with zero attached hydrogens (tertiary/aromatic N) is 4. The van der Waals surface area contributed by atoms with E-state index in [0.717, 1.165) is 33.8 Å². The van der Waals surface area contributed by atoms with Crippen molar-refractivity contribution in [1.29, 1.82) is 0 Å². The van der Waals surface area contributed by atoms with E-state index in [-0.39, 0.29) is 12.0 Å². The Morgan fingerprint density at radius 2 is 1.93 bits per heavy atom. The van der Waals surface area contributed by atoms with Crippen LogP contribution in [0.1, 0.15) is 18.4 Å². The van der Waals surface area contributed by atoms with Crippen LogP contribution in [0.15, 0.2) is 47.3 Å². The maximum Gasteiger partial charge on any atom is 0.316 e. The Balaban J connectivity index is 1.35. The van der Waals surface area contributed by atoms with Crippen LogP contribution in [0, 0.1) is 0 Å². The zero-order chi connectivity index (χ0) is 18.8. The summed E-state index contributed by atoms with van der Waals surface area (Å²) in [7, 11) is 2.02. The van der Waals surface area contributed by atoms with E-state index in [1.807, 2.05) is 24.1 Å². The average molecular weight is 429 g/mol. The molecule has 1 fully saturated rings. The van der Waals surface area contributed by atoms with Crippen LogP contribution in [0.4, 0.5) is 0 Å². The Morgan fingerprint density at radius 1 is 1.22 bits per heavy atom. The Labute approximate surface area is 166 Å². The van der Waals surface area contributed by atoms with Crippen molar-refractivity contribution in [2.75, 3.05) is 13.1 Å². The van der Waals surface area contributed by atoms with E-state index in [2.05, 4.69) is 48.8 Å². The highest BCUT2D eigenvalue weighted by atomic mass is 79.9. The van der Waals surface area contributed by atoms with Gasteiger partial charge in [0.15, 0.2) is 0 Å². The lowest BCUT2D eigenvalue weighted by molar-refractivity contribution is -0.132. The number of benzene rings is 1. The molecule has 1 aromatic carbocycles. The van der Waals surface area contributed by atoms with Gasteiger partial charge in [0.2, 0.25) is 5.91 Å². The van der Waals surface area contributed by atoms with Crippen molar-refractivity contribution >= 4 is 32.7 Å². The number of fused-ring (bicyclic) bond motifs is 1. The van der Waals surface area contributed by atoms with Crippen molar-refractivity contribution < 1.29 is 9.53 Å². The number of likely N-dealkylation sites (tertiary alicyclic amines) is 1. The van der Waals surface area contributed by atoms with E-state index >= 15 is 0 Å². The first-order valence-corrected chi connectivity index (χ1v) is 9.84. The van der Waals surface area contributed by atoms with Gasteiger partial charge in [0.25, 0.3) is 0 Å². The van der Waals surface area contributed by atoms with Crippen LogP contribution < -0.4 is 4.74 Å². The molecule has 0 unspecified atom stereocenters. The lowest BCUT2D eigenvalue weighted by atomic mass is 10.1. The molecule has 1 aliphatic heterocycles. The van der Waals surface area contributed by atoms with E-state index in [9.17, 15) is 4.79 Å². The molecule has 1 saturated heterocycles. The van der Waals surface area contributed by atoms with Gasteiger partial charge in [0, 0.05) is 62.5 Å². The van der Waals surface area contributed by atoms with Gasteiger partial charge in [-0.2, -0.15) is 0 Å². The number of hydrogen-bond acceptors (Lipinski definition) is 4. The molecule has 27 heavy (non-hydrogen) atoms. The molecule has 1 amide bonds. The zero-order valence-corrected chi connectivity index (χ0v) is 16.7. The van der Waals surface area contributed by atoms with Gasteiger partial charge < -0.3 is 14.2 Å². The number of para-hydroxylation sites is 1. The molecule has 0 aliphatic carbocycles. The summed E-state index contributed by atoms with van der Waals surface area (Å²) in [4.78, 5) is 23.0. The molecule has 1 aliphatic rings. The number of aromatic nitrogens is 3. The highest BCUT2D eigenvalue weighted by Gasteiger charge is 2.25. The third-order valence-electron chi connectivity index (χ3n) is 4.98. The predicted molar refractivity (Wildman–Crippen MR) is 107 cm³/mol. The monoisotopic (exact) mass is 428 g/mol. The highest BCUT2D eigenvalue weighted by Crippen LogP contribution is 2.22. The summed E-state index contributed by atoms with van der Waals surface area (Å²) < 4.78 is 8.74. The van der Waals surface area contributed by atoms with E-state index < -0.39 is 0 Å². The number of carbonyl (C=O) groups excluding carboxylic acids is 1. The molecule has 0 N–H and O–H groups in total. The second-order valence-corrected chi connectivity index (χ2v) is 7.76. The summed E-state index contributed by atoms with van der Waals surface area (Å²) >= 11 is 3.31. The van der Waals surface area contributed by atoms with Crippen LogP contribution in [0.5, 0.6) is 6.01 Å². The minimum Gasteiger partial charge on any atom is -0.460 e. The summed E-state index contributed by atoms with van der Waals surface area (Å²) in [5.41, 5.74) is 2.24. The van der Waals surface area contributed by atoms with Crippen LogP contribution in [0.2, 0.25) is 0 Å². The second kappa shape index (κ2) is 7.68. The lowest BCUT2D eigenvalue weighted by Crippen LogP contribution is -2.42. The van der Waals surface area contributed by atoms with Crippen LogP contribution in [-0.4, -0.2) is 44.5 Å². The summed E-state index contributed by atoms with van der Waals surface area (Å²) in [6.45, 7) is 1.40. The van der Waals surface area contributed by atoms with E-state index in [0.29, 0.717) is 25.5 Å². The van der Waals surface area contributed by atoms with E-state index in [1.165, 1.54) is 0 Å². The Bertz CT molecular complexity index is 946. The number of piperidine rings is 1. The number of hydrogen-bond donors (Lipinski definition) is 0. The molecule has 4 rings (SSSR count). The van der Waals surface area contributed by atoms with Crippen LogP contribution in [-0.2, 0) is 18.3 Å². The minimum atomic E-state index is 0.0489. The molecular weight excluding hydrogens is 408 g/mol. The van der Waals surface area contributed by atoms with E-state index in [1.54, 1.807) is 12.4 Å². The van der Waals surface area contributed by atoms with E-state index in [4.69, 9.17) is 4.74 Å². The summed E-state index contributed by atoms with van der Waals surface area (Å²) in [6, 6.07) is 8.59. The molecule has 0 atom stereocenters. The summed E-state index contributed by atoms with van der Waals surface area (Å²) in [6.07, 6.45) is 7.47. The number of ether oxygens (including phenoxy) is 1. The standard InChI is InChI=1S/C20H21BrN4O2/c1-24-13-14(17-4-2-3-5-18(17)24)10-19(26)25-8-6-16(7-9-25)27-20-22-11-15(21)12-23-20/h2-5,11-13,16H,6-10H2,1H3. The molecule has 6 nitrogen and oxygen atoms in total. The molecule has 0 bridgehead atoms. The third kappa shape index (κ3) is 3.98. The fourth-order valence-corrected chi connectivity index (χ4v) is 3.78. The summed E-state index contributed by atoms with van der Waals surface area (Å²) in [5, 5.41) is 1.15. The molecule has 7 heteroatoms. The first kappa shape index (κ1) is 18.0. The molecule has 140 valence electrons. The normalized spacial score (nSPS) is 15.3. The van der Waals surface area contributed by atoms with Crippen molar-refractivity contribution in [2.45, 2.75) is 25.4 Å². The number of halogens is 1. The van der Waals surface area contributed by atoms with Crippen LogP contribution >= 0.6 is 15.9 Å². The van der Waals surface area contributed by atoms with Crippen molar-refractivity contribution in [3.63, 3.8) is 0 Å². The maximum absolute atomic E-state index is 12.8. The zero-order valence-electron chi connectivity index (χ0n) is 15.1. The quantitative estimate of drug-likeness (QED) is 0.639. The van der Waals surface area contributed by atoms with Crippen molar-refractivity contribution in [3.05, 3.63) is 52.9 Å². The fraction of sp³-hybridized carbons (Fsp3) is 0.350. The molecule has 2 aromatic heterocycles. The number of amides is 1. The first-order chi connectivity index (χ1) is 13.1. The SMILES string of the molecule is Cn1cc(CC(=O)N2CCC(Oc3ncc(Br)cn3)CC2)c2ccccc21. The van der Waals surface area contributed by atoms with Gasteiger partial charge in [-0.3, -0.25) is 4.79 Å². The number of carbonyl (C=O) groups is 1. The fourth-order valence-electron chi connectivity index (χ4n) is 3.57. The largest absolute Gasteiger partial charge is 0.460 e. The van der Waals surface area contributed by atoms with Gasteiger partial charge in [-0.15, -0.1) is 0 Å². The topological polar surface area (TPSA) is 60.2 Å². The molecule has 3 heterocycles. The van der Waals surface area contributed by atoms with Crippen LogP contribution in [0.25, 0.3) is 10.9 Å². The molecule has 0 saturated carbocycles. The van der Waals surface area contributed by atoms with Gasteiger partial charge in [0.05, 0.1) is 10.9 Å². The van der Waals surface area contributed by atoms with Gasteiger partial charge in [-0.25, -0.2) is 9.97 Å². The van der Waals surface area contributed by atoms with Crippen LogP contribution in [0.3, 0.4) is 0 Å². The smallest absolute Gasteiger partial charge is 0.316 e.